The molecule has 33 heavy (non-hydrogen) atoms. The summed E-state index contributed by atoms with van der Waals surface area (Å²) in [5.41, 5.74) is 0.463. The van der Waals surface area contributed by atoms with Gasteiger partial charge in [0.1, 0.15) is 11.2 Å². The summed E-state index contributed by atoms with van der Waals surface area (Å²) in [6.45, 7) is 10.3. The number of carbonyl (C=O) groups excluding carboxylic acids is 2. The molecule has 2 aromatic rings. The van der Waals surface area contributed by atoms with E-state index in [1.807, 2.05) is 71.0 Å². The zero-order chi connectivity index (χ0) is 24.2. The molecule has 0 aromatic heterocycles. The van der Waals surface area contributed by atoms with E-state index >= 15 is 0 Å². The van der Waals surface area contributed by atoms with Crippen LogP contribution in [0.5, 0.6) is 5.75 Å². The zero-order valence-electron chi connectivity index (χ0n) is 20.0. The fourth-order valence-corrected chi connectivity index (χ4v) is 4.22. The van der Waals surface area contributed by atoms with Crippen LogP contribution in [0.4, 0.5) is 5.69 Å². The molecule has 1 aliphatic heterocycles. The van der Waals surface area contributed by atoms with Crippen LogP contribution < -0.4 is 4.74 Å². The average molecular weight is 470 g/mol. The van der Waals surface area contributed by atoms with Gasteiger partial charge in [-0.1, -0.05) is 37.6 Å². The molecule has 1 heterocycles. The summed E-state index contributed by atoms with van der Waals surface area (Å²) in [7, 11) is 0. The van der Waals surface area contributed by atoms with Crippen LogP contribution >= 0.6 is 11.6 Å². The van der Waals surface area contributed by atoms with E-state index in [2.05, 4.69) is 0 Å². The molecule has 0 radical (unpaired) electrons. The monoisotopic (exact) mass is 469 g/mol. The first-order valence-electron chi connectivity index (χ1n) is 11.5. The van der Waals surface area contributed by atoms with Crippen LogP contribution in [0, 0.1) is 5.41 Å². The minimum atomic E-state index is -1.09. The van der Waals surface area contributed by atoms with Gasteiger partial charge in [0.05, 0.1) is 18.3 Å². The number of benzene rings is 2. The van der Waals surface area contributed by atoms with Gasteiger partial charge in [-0.05, 0) is 75.6 Å². The Morgan fingerprint density at radius 1 is 0.909 bits per heavy atom. The summed E-state index contributed by atoms with van der Waals surface area (Å²) in [6, 6.07) is 14.7. The molecule has 1 fully saturated rings. The van der Waals surface area contributed by atoms with E-state index < -0.39 is 5.41 Å². The van der Waals surface area contributed by atoms with Crippen LogP contribution in [0.2, 0.25) is 5.02 Å². The highest BCUT2D eigenvalue weighted by Crippen LogP contribution is 2.37. The molecule has 0 saturated carbocycles. The van der Waals surface area contributed by atoms with E-state index in [0.29, 0.717) is 42.6 Å². The second-order valence-corrected chi connectivity index (χ2v) is 8.87. The Morgan fingerprint density at radius 3 is 2.00 bits per heavy atom. The fourth-order valence-electron chi connectivity index (χ4n) is 4.10. The number of hydrogen-bond donors (Lipinski definition) is 0. The highest BCUT2D eigenvalue weighted by molar-refractivity contribution is 6.30. The predicted molar refractivity (Wildman–Crippen MR) is 132 cm³/mol. The van der Waals surface area contributed by atoms with Crippen molar-refractivity contribution in [2.45, 2.75) is 60.1 Å². The Kier molecular flexibility index (Phi) is 7.80. The molecule has 0 unspecified atom stereocenters. The maximum absolute atomic E-state index is 13.8. The van der Waals surface area contributed by atoms with Gasteiger partial charge in [0, 0.05) is 11.6 Å². The van der Waals surface area contributed by atoms with Gasteiger partial charge in [-0.3, -0.25) is 19.4 Å². The molecular weight excluding hydrogens is 438 g/mol. The third-order valence-corrected chi connectivity index (χ3v) is 6.26. The van der Waals surface area contributed by atoms with Crippen LogP contribution in [0.25, 0.3) is 0 Å². The Bertz CT molecular complexity index is 1010. The lowest BCUT2D eigenvalue weighted by atomic mass is 9.77. The fraction of sp³-hybridized carbons (Fsp3) is 0.423. The lowest BCUT2D eigenvalue weighted by Crippen LogP contribution is -2.65. The summed E-state index contributed by atoms with van der Waals surface area (Å²) in [4.78, 5) is 35.3. The lowest BCUT2D eigenvalue weighted by Gasteiger charge is -2.45. The molecule has 0 spiro atoms. The highest BCUT2D eigenvalue weighted by atomic mass is 35.5. The maximum atomic E-state index is 13.8. The smallest absolute Gasteiger partial charge is 0.245 e. The van der Waals surface area contributed by atoms with Gasteiger partial charge >= 0.3 is 0 Å². The lowest BCUT2D eigenvalue weighted by molar-refractivity contribution is -0.157. The summed E-state index contributed by atoms with van der Waals surface area (Å²) < 4.78 is 5.71. The van der Waals surface area contributed by atoms with Crippen molar-refractivity contribution in [1.82, 2.24) is 9.80 Å². The predicted octanol–water partition coefficient (Wildman–Crippen LogP) is 5.81. The largest absolute Gasteiger partial charge is 0.491 e. The minimum absolute atomic E-state index is 0.0670. The van der Waals surface area contributed by atoms with E-state index in [1.54, 1.807) is 21.9 Å². The molecule has 1 aliphatic rings. The summed E-state index contributed by atoms with van der Waals surface area (Å²) in [6.07, 6.45) is 0.935. The SMILES string of the molecule is CCN1C(=O)C(CC)(CC)C(=O)N(Cc2ccc(Cl)cc2)C1=Nc1ccc(OC(C)C)cc1. The van der Waals surface area contributed by atoms with Crippen LogP contribution in [-0.2, 0) is 16.1 Å². The molecule has 6 nitrogen and oxygen atoms in total. The molecule has 0 bridgehead atoms. The summed E-state index contributed by atoms with van der Waals surface area (Å²) >= 11 is 6.05. The van der Waals surface area contributed by atoms with E-state index in [4.69, 9.17) is 21.3 Å². The quantitative estimate of drug-likeness (QED) is 0.458. The van der Waals surface area contributed by atoms with Crippen LogP contribution in [0.15, 0.2) is 53.5 Å². The Balaban J connectivity index is 2.07. The number of hydrogen-bond acceptors (Lipinski definition) is 4. The van der Waals surface area contributed by atoms with Gasteiger partial charge in [-0.2, -0.15) is 0 Å². The normalized spacial score (nSPS) is 17.2. The van der Waals surface area contributed by atoms with Crippen molar-refractivity contribution >= 4 is 35.1 Å². The highest BCUT2D eigenvalue weighted by Gasteiger charge is 2.53. The van der Waals surface area contributed by atoms with E-state index in [0.717, 1.165) is 11.3 Å². The van der Waals surface area contributed by atoms with Crippen molar-refractivity contribution in [2.24, 2.45) is 10.4 Å². The number of aliphatic imine (C=N–C) groups is 1. The average Bonchev–Trinajstić information content (AvgIpc) is 2.80. The Morgan fingerprint density at radius 2 is 1.48 bits per heavy atom. The van der Waals surface area contributed by atoms with E-state index in [9.17, 15) is 9.59 Å². The number of nitrogens with zero attached hydrogens (tertiary/aromatic N) is 3. The van der Waals surface area contributed by atoms with Gasteiger partial charge in [0.25, 0.3) is 0 Å². The third kappa shape index (κ3) is 5.06. The van der Waals surface area contributed by atoms with Crippen LogP contribution in [-0.4, -0.2) is 40.2 Å². The van der Waals surface area contributed by atoms with Crippen molar-refractivity contribution in [2.75, 3.05) is 6.54 Å². The molecule has 2 amide bonds. The van der Waals surface area contributed by atoms with Gasteiger partial charge in [0.15, 0.2) is 0 Å². The molecule has 7 heteroatoms. The van der Waals surface area contributed by atoms with E-state index in [1.165, 1.54) is 0 Å². The topological polar surface area (TPSA) is 62.2 Å². The third-order valence-electron chi connectivity index (χ3n) is 6.01. The number of guanidine groups is 1. The zero-order valence-corrected chi connectivity index (χ0v) is 20.7. The van der Waals surface area contributed by atoms with Gasteiger partial charge < -0.3 is 4.74 Å². The molecule has 2 aromatic carbocycles. The first-order chi connectivity index (χ1) is 15.7. The van der Waals surface area contributed by atoms with Gasteiger partial charge in [-0.25, -0.2) is 4.99 Å². The van der Waals surface area contributed by atoms with Crippen LogP contribution in [0.3, 0.4) is 0 Å². The first kappa shape index (κ1) is 24.8. The molecule has 3 rings (SSSR count). The van der Waals surface area contributed by atoms with Crippen LogP contribution in [0.1, 0.15) is 53.0 Å². The Hall–Kier alpha value is -2.86. The second-order valence-electron chi connectivity index (χ2n) is 8.43. The molecule has 0 N–H and O–H groups in total. The number of rotatable bonds is 8. The van der Waals surface area contributed by atoms with Gasteiger partial charge in [0.2, 0.25) is 17.8 Å². The standard InChI is InChI=1S/C26H32ClN3O3/c1-6-26(7-2)23(31)29(8-3)25(28-21-13-15-22(16-14-21)33-18(4)5)30(24(26)32)17-19-9-11-20(27)12-10-19/h9-16,18H,6-8,17H2,1-5H3. The van der Waals surface area contributed by atoms with Crippen molar-refractivity contribution in [3.05, 3.63) is 59.1 Å². The molecular formula is C26H32ClN3O3. The first-order valence-corrected chi connectivity index (χ1v) is 11.9. The van der Waals surface area contributed by atoms with Crippen molar-refractivity contribution < 1.29 is 14.3 Å². The number of amides is 2. The van der Waals surface area contributed by atoms with Crippen molar-refractivity contribution in [1.29, 1.82) is 0 Å². The molecule has 176 valence electrons. The number of carbonyl (C=O) groups is 2. The number of halogens is 1. The number of ether oxygens (including phenoxy) is 1. The maximum Gasteiger partial charge on any atom is 0.245 e. The van der Waals surface area contributed by atoms with E-state index in [-0.39, 0.29) is 17.9 Å². The summed E-state index contributed by atoms with van der Waals surface area (Å²) in [5.74, 6) is 0.685. The van der Waals surface area contributed by atoms with Crippen molar-refractivity contribution in [3.63, 3.8) is 0 Å². The minimum Gasteiger partial charge on any atom is -0.491 e. The second kappa shape index (κ2) is 10.4. The molecule has 1 saturated heterocycles. The molecule has 0 aliphatic carbocycles. The molecule has 0 atom stereocenters. The Labute approximate surface area is 201 Å². The summed E-state index contributed by atoms with van der Waals surface area (Å²) in [5, 5.41) is 0.628. The van der Waals surface area contributed by atoms with Gasteiger partial charge in [-0.15, -0.1) is 0 Å². The van der Waals surface area contributed by atoms with Crippen molar-refractivity contribution in [3.8, 4) is 5.75 Å².